The van der Waals surface area contributed by atoms with Gasteiger partial charge >= 0.3 is 0 Å². The van der Waals surface area contributed by atoms with Crippen LogP contribution in [-0.2, 0) is 13.0 Å². The Morgan fingerprint density at radius 1 is 1.13 bits per heavy atom. The fraction of sp³-hybridized carbons (Fsp3) is 0.462. The van der Waals surface area contributed by atoms with E-state index in [2.05, 4.69) is 37.6 Å². The van der Waals surface area contributed by atoms with Gasteiger partial charge in [0.25, 0.3) is 0 Å². The minimum Gasteiger partial charge on any atom is -0.330 e. The molecule has 1 unspecified atom stereocenters. The van der Waals surface area contributed by atoms with Crippen molar-refractivity contribution >= 4 is 0 Å². The van der Waals surface area contributed by atoms with Gasteiger partial charge in [-0.2, -0.15) is 0 Å². The Kier molecular flexibility index (Phi) is 5.37. The molecule has 0 aromatic heterocycles. The van der Waals surface area contributed by atoms with Crippen molar-refractivity contribution in [3.05, 3.63) is 41.8 Å². The van der Waals surface area contributed by atoms with Crippen LogP contribution in [0.3, 0.4) is 0 Å². The topological polar surface area (TPSA) is 52.0 Å². The van der Waals surface area contributed by atoms with Crippen LogP contribution in [-0.4, -0.2) is 6.54 Å². The van der Waals surface area contributed by atoms with Crippen molar-refractivity contribution in [2.24, 2.45) is 17.4 Å². The maximum Gasteiger partial charge on any atom is 0.0178 e. The second kappa shape index (κ2) is 6.59. The molecule has 0 aliphatic carbocycles. The van der Waals surface area contributed by atoms with Crippen molar-refractivity contribution < 1.29 is 0 Å². The van der Waals surface area contributed by atoms with Gasteiger partial charge in [0, 0.05) is 6.54 Å². The van der Waals surface area contributed by atoms with Gasteiger partial charge in [-0.3, -0.25) is 0 Å². The standard InChI is InChI=1S/C13H21N2/c1-2-11(9-14)3-4-12-5-7-13(10-15)8-6-12/h2,5-8,11H,3-4,9-10,14-15H2,1H3. The van der Waals surface area contributed by atoms with Crippen LogP contribution < -0.4 is 11.5 Å². The summed E-state index contributed by atoms with van der Waals surface area (Å²) >= 11 is 0. The normalized spacial score (nSPS) is 12.7. The highest BCUT2D eigenvalue weighted by atomic mass is 14.5. The van der Waals surface area contributed by atoms with Gasteiger partial charge < -0.3 is 11.5 Å². The van der Waals surface area contributed by atoms with Crippen molar-refractivity contribution in [2.75, 3.05) is 6.54 Å². The van der Waals surface area contributed by atoms with Gasteiger partial charge in [0.05, 0.1) is 0 Å². The van der Waals surface area contributed by atoms with Crippen molar-refractivity contribution in [2.45, 2.75) is 26.3 Å². The first-order valence-corrected chi connectivity index (χ1v) is 5.57. The highest BCUT2D eigenvalue weighted by Crippen LogP contribution is 2.12. The Hall–Kier alpha value is -0.860. The molecule has 1 radical (unpaired) electrons. The summed E-state index contributed by atoms with van der Waals surface area (Å²) in [6.07, 6.45) is 4.42. The minimum absolute atomic E-state index is 0.541. The summed E-state index contributed by atoms with van der Waals surface area (Å²) in [7, 11) is 0. The molecule has 1 aromatic rings. The van der Waals surface area contributed by atoms with Gasteiger partial charge in [-0.05, 0) is 42.9 Å². The molecular formula is C13H21N2. The van der Waals surface area contributed by atoms with Gasteiger partial charge in [-0.15, -0.1) is 0 Å². The molecule has 1 rings (SSSR count). The van der Waals surface area contributed by atoms with E-state index in [4.69, 9.17) is 11.5 Å². The van der Waals surface area contributed by atoms with E-state index >= 15 is 0 Å². The molecule has 0 amide bonds. The molecule has 83 valence electrons. The lowest BCUT2D eigenvalue weighted by Crippen LogP contribution is -2.14. The van der Waals surface area contributed by atoms with Crippen molar-refractivity contribution in [3.8, 4) is 0 Å². The summed E-state index contributed by atoms with van der Waals surface area (Å²) < 4.78 is 0. The summed E-state index contributed by atoms with van der Waals surface area (Å²) in [5, 5.41) is 0. The maximum atomic E-state index is 5.65. The molecule has 4 N–H and O–H groups in total. The summed E-state index contributed by atoms with van der Waals surface area (Å²) in [5.74, 6) is 0.541. The Morgan fingerprint density at radius 2 is 1.73 bits per heavy atom. The number of benzene rings is 1. The van der Waals surface area contributed by atoms with E-state index in [0.717, 1.165) is 19.4 Å². The zero-order valence-corrected chi connectivity index (χ0v) is 9.45. The van der Waals surface area contributed by atoms with Gasteiger partial charge in [0.1, 0.15) is 0 Å². The molecule has 0 bridgehead atoms. The highest BCUT2D eigenvalue weighted by Gasteiger charge is 2.04. The van der Waals surface area contributed by atoms with Gasteiger partial charge in [0.2, 0.25) is 0 Å². The Balaban J connectivity index is 2.43. The number of hydrogen-bond acceptors (Lipinski definition) is 2. The van der Waals surface area contributed by atoms with E-state index in [1.165, 1.54) is 11.1 Å². The predicted octanol–water partition coefficient (Wildman–Crippen LogP) is 1.88. The third-order valence-electron chi connectivity index (χ3n) is 2.84. The van der Waals surface area contributed by atoms with E-state index < -0.39 is 0 Å². The SMILES string of the molecule is C[CH]C(CN)CCc1ccc(CN)cc1. The van der Waals surface area contributed by atoms with Crippen molar-refractivity contribution in [1.82, 2.24) is 0 Å². The lowest BCUT2D eigenvalue weighted by Gasteiger charge is -2.11. The molecule has 2 heteroatoms. The van der Waals surface area contributed by atoms with Crippen LogP contribution in [0.5, 0.6) is 0 Å². The van der Waals surface area contributed by atoms with Crippen LogP contribution in [0.15, 0.2) is 24.3 Å². The van der Waals surface area contributed by atoms with Crippen LogP contribution in [0.1, 0.15) is 24.5 Å². The van der Waals surface area contributed by atoms with Crippen LogP contribution in [0.25, 0.3) is 0 Å². The largest absolute Gasteiger partial charge is 0.330 e. The molecule has 0 saturated carbocycles. The lowest BCUT2D eigenvalue weighted by molar-refractivity contribution is 0.564. The molecule has 0 saturated heterocycles. The second-order valence-corrected chi connectivity index (χ2v) is 3.89. The molecule has 0 aliphatic rings. The zero-order chi connectivity index (χ0) is 11.1. The molecule has 0 aliphatic heterocycles. The molecular weight excluding hydrogens is 184 g/mol. The van der Waals surface area contributed by atoms with E-state index in [9.17, 15) is 0 Å². The summed E-state index contributed by atoms with van der Waals surface area (Å²) in [5.41, 5.74) is 13.7. The van der Waals surface area contributed by atoms with Gasteiger partial charge in [-0.25, -0.2) is 0 Å². The average molecular weight is 205 g/mol. The third kappa shape index (κ3) is 4.02. The summed E-state index contributed by atoms with van der Waals surface area (Å²) in [6.45, 7) is 3.45. The Bertz CT molecular complexity index is 262. The molecule has 0 heterocycles. The Labute approximate surface area is 92.7 Å². The fourth-order valence-electron chi connectivity index (χ4n) is 1.61. The smallest absolute Gasteiger partial charge is 0.0178 e. The molecule has 1 atom stereocenters. The number of aryl methyl sites for hydroxylation is 1. The number of rotatable bonds is 6. The van der Waals surface area contributed by atoms with Crippen LogP contribution >= 0.6 is 0 Å². The van der Waals surface area contributed by atoms with Crippen LogP contribution in [0, 0.1) is 12.3 Å². The van der Waals surface area contributed by atoms with Crippen molar-refractivity contribution in [1.29, 1.82) is 0 Å². The molecule has 2 nitrogen and oxygen atoms in total. The molecule has 1 aromatic carbocycles. The van der Waals surface area contributed by atoms with Gasteiger partial charge in [-0.1, -0.05) is 31.2 Å². The number of hydrogen-bond donors (Lipinski definition) is 2. The van der Waals surface area contributed by atoms with E-state index in [-0.39, 0.29) is 0 Å². The molecule has 0 spiro atoms. The quantitative estimate of drug-likeness (QED) is 0.745. The minimum atomic E-state index is 0.541. The third-order valence-corrected chi connectivity index (χ3v) is 2.84. The zero-order valence-electron chi connectivity index (χ0n) is 9.45. The first kappa shape index (κ1) is 12.2. The maximum absolute atomic E-state index is 5.65. The van der Waals surface area contributed by atoms with Crippen LogP contribution in [0.4, 0.5) is 0 Å². The second-order valence-electron chi connectivity index (χ2n) is 3.89. The first-order chi connectivity index (χ1) is 7.30. The fourth-order valence-corrected chi connectivity index (χ4v) is 1.61. The molecule has 0 fully saturated rings. The summed E-state index contributed by atoms with van der Waals surface area (Å²) in [6, 6.07) is 8.52. The van der Waals surface area contributed by atoms with Gasteiger partial charge in [0.15, 0.2) is 0 Å². The average Bonchev–Trinajstić information content (AvgIpc) is 2.31. The first-order valence-electron chi connectivity index (χ1n) is 5.57. The Morgan fingerprint density at radius 3 is 2.20 bits per heavy atom. The predicted molar refractivity (Wildman–Crippen MR) is 65.2 cm³/mol. The summed E-state index contributed by atoms with van der Waals surface area (Å²) in [4.78, 5) is 0. The lowest BCUT2D eigenvalue weighted by atomic mass is 9.97. The van der Waals surface area contributed by atoms with E-state index in [1.807, 2.05) is 0 Å². The van der Waals surface area contributed by atoms with Crippen LogP contribution in [0.2, 0.25) is 0 Å². The number of nitrogens with two attached hydrogens (primary N) is 2. The van der Waals surface area contributed by atoms with Crippen molar-refractivity contribution in [3.63, 3.8) is 0 Å². The van der Waals surface area contributed by atoms with E-state index in [0.29, 0.717) is 12.5 Å². The monoisotopic (exact) mass is 205 g/mol. The highest BCUT2D eigenvalue weighted by molar-refractivity contribution is 5.22. The molecule has 15 heavy (non-hydrogen) atoms. The van der Waals surface area contributed by atoms with E-state index in [1.54, 1.807) is 0 Å².